The number of nitrogens with one attached hydrogen (secondary N) is 1. The van der Waals surface area contributed by atoms with Gasteiger partial charge in [-0.2, -0.15) is 0 Å². The highest BCUT2D eigenvalue weighted by Gasteiger charge is 2.23. The number of aryl methyl sites for hydroxylation is 1. The van der Waals surface area contributed by atoms with Gasteiger partial charge in [-0.1, -0.05) is 13.8 Å². The molecule has 2 rings (SSSR count). The highest BCUT2D eigenvalue weighted by atomic mass is 16.6. The van der Waals surface area contributed by atoms with E-state index in [4.69, 9.17) is 0 Å². The lowest BCUT2D eigenvalue weighted by atomic mass is 10.1. The monoisotopic (exact) mass is 334 g/mol. The number of hydrogen-bond donors (Lipinski definition) is 1. The maximum Gasteiger partial charge on any atom is 0.316 e. The third-order valence-corrected chi connectivity index (χ3v) is 4.10. The lowest BCUT2D eigenvalue weighted by Crippen LogP contribution is -2.36. The number of H-pyrrole nitrogens is 1. The van der Waals surface area contributed by atoms with Crippen molar-refractivity contribution in [2.45, 2.75) is 33.6 Å². The second kappa shape index (κ2) is 6.86. The predicted molar refractivity (Wildman–Crippen MR) is 94.0 cm³/mol. The van der Waals surface area contributed by atoms with Crippen molar-refractivity contribution in [3.63, 3.8) is 0 Å². The van der Waals surface area contributed by atoms with Crippen LogP contribution in [0.5, 0.6) is 0 Å². The molecule has 0 spiro atoms. The van der Waals surface area contributed by atoms with Crippen LogP contribution < -0.4 is 16.0 Å². The second-order valence-corrected chi connectivity index (χ2v) is 5.83. The molecule has 0 amide bonds. The van der Waals surface area contributed by atoms with Gasteiger partial charge in [0.05, 0.1) is 27.2 Å². The minimum absolute atomic E-state index is 0.0586. The summed E-state index contributed by atoms with van der Waals surface area (Å²) in [5.74, 6) is 0. The Morgan fingerprint density at radius 1 is 1.25 bits per heavy atom. The van der Waals surface area contributed by atoms with Gasteiger partial charge >= 0.3 is 11.1 Å². The van der Waals surface area contributed by atoms with E-state index in [2.05, 4.69) is 4.98 Å². The van der Waals surface area contributed by atoms with Crippen LogP contribution >= 0.6 is 0 Å². The highest BCUT2D eigenvalue weighted by Crippen LogP contribution is 2.35. The van der Waals surface area contributed by atoms with Gasteiger partial charge in [0.15, 0.2) is 0 Å². The van der Waals surface area contributed by atoms with Crippen molar-refractivity contribution in [3.8, 4) is 0 Å². The molecule has 0 aliphatic carbocycles. The van der Waals surface area contributed by atoms with Crippen LogP contribution in [0, 0.1) is 17.0 Å². The normalized spacial score (nSPS) is 11.0. The minimum atomic E-state index is -0.732. The highest BCUT2D eigenvalue weighted by molar-refractivity contribution is 5.93. The fourth-order valence-electron chi connectivity index (χ4n) is 3.02. The van der Waals surface area contributed by atoms with E-state index >= 15 is 0 Å². The van der Waals surface area contributed by atoms with Gasteiger partial charge in [0.1, 0.15) is 0 Å². The summed E-state index contributed by atoms with van der Waals surface area (Å²) in [5.41, 5.74) is 0.406. The number of nitro benzene ring substituents is 1. The van der Waals surface area contributed by atoms with Gasteiger partial charge < -0.3 is 14.5 Å². The molecule has 2 aromatic rings. The number of nitro groups is 1. The van der Waals surface area contributed by atoms with E-state index in [1.807, 2.05) is 18.7 Å². The van der Waals surface area contributed by atoms with Gasteiger partial charge in [0.2, 0.25) is 0 Å². The van der Waals surface area contributed by atoms with Gasteiger partial charge in [-0.15, -0.1) is 0 Å². The third-order valence-electron chi connectivity index (χ3n) is 4.10. The maximum absolute atomic E-state index is 11.9. The molecule has 0 atom stereocenters. The van der Waals surface area contributed by atoms with E-state index < -0.39 is 16.0 Å². The fraction of sp³-hybridized carbons (Fsp3) is 0.500. The molecule has 130 valence electrons. The summed E-state index contributed by atoms with van der Waals surface area (Å²) in [6.07, 6.45) is 1.72. The SMILES string of the molecule is CCCN(CCC)c1c(C)c([N+](=O)[O-])cc2c1[nH]c(=O)c(=O)n2C. The van der Waals surface area contributed by atoms with Crippen molar-refractivity contribution in [1.82, 2.24) is 9.55 Å². The lowest BCUT2D eigenvalue weighted by Gasteiger charge is -2.27. The average Bonchev–Trinajstić information content (AvgIpc) is 2.52. The molecule has 0 unspecified atom stereocenters. The van der Waals surface area contributed by atoms with Crippen LogP contribution in [-0.2, 0) is 7.05 Å². The summed E-state index contributed by atoms with van der Waals surface area (Å²) in [6.45, 7) is 7.13. The number of anilines is 1. The van der Waals surface area contributed by atoms with Gasteiger partial charge in [0, 0.05) is 26.2 Å². The molecule has 1 aromatic carbocycles. The Balaban J connectivity index is 2.98. The number of hydrogen-bond acceptors (Lipinski definition) is 5. The second-order valence-electron chi connectivity index (χ2n) is 5.83. The molecule has 0 aliphatic heterocycles. The van der Waals surface area contributed by atoms with Crippen LogP contribution in [0.3, 0.4) is 0 Å². The number of aromatic amines is 1. The Morgan fingerprint density at radius 2 is 1.83 bits per heavy atom. The summed E-state index contributed by atoms with van der Waals surface area (Å²) >= 11 is 0. The molecule has 0 saturated carbocycles. The summed E-state index contributed by atoms with van der Waals surface area (Å²) in [7, 11) is 1.45. The first-order chi connectivity index (χ1) is 11.3. The number of nitrogens with zero attached hydrogens (tertiary/aromatic N) is 3. The van der Waals surface area contributed by atoms with Gasteiger partial charge in [-0.05, 0) is 19.8 Å². The zero-order valence-electron chi connectivity index (χ0n) is 14.4. The maximum atomic E-state index is 11.9. The van der Waals surface area contributed by atoms with Crippen molar-refractivity contribution >= 4 is 22.4 Å². The topological polar surface area (TPSA) is 101 Å². The zero-order chi connectivity index (χ0) is 18.0. The van der Waals surface area contributed by atoms with Crippen molar-refractivity contribution in [1.29, 1.82) is 0 Å². The smallest absolute Gasteiger partial charge is 0.316 e. The molecular weight excluding hydrogens is 312 g/mol. The van der Waals surface area contributed by atoms with E-state index in [-0.39, 0.29) is 5.69 Å². The summed E-state index contributed by atoms with van der Waals surface area (Å²) in [6, 6.07) is 1.35. The molecule has 1 N–H and O–H groups in total. The van der Waals surface area contributed by atoms with Gasteiger partial charge in [0.25, 0.3) is 5.69 Å². The molecule has 0 fully saturated rings. The van der Waals surface area contributed by atoms with E-state index in [1.54, 1.807) is 6.92 Å². The molecule has 0 aliphatic rings. The lowest BCUT2D eigenvalue weighted by molar-refractivity contribution is -0.385. The van der Waals surface area contributed by atoms with Crippen LogP contribution in [0.4, 0.5) is 11.4 Å². The summed E-state index contributed by atoms with van der Waals surface area (Å²) in [5, 5.41) is 11.4. The molecule has 1 heterocycles. The third kappa shape index (κ3) is 2.91. The molecule has 8 nitrogen and oxygen atoms in total. The number of benzene rings is 1. The molecule has 0 bridgehead atoms. The van der Waals surface area contributed by atoms with Gasteiger partial charge in [-0.3, -0.25) is 19.7 Å². The van der Waals surface area contributed by atoms with Crippen molar-refractivity contribution < 1.29 is 4.92 Å². The fourth-order valence-corrected chi connectivity index (χ4v) is 3.02. The summed E-state index contributed by atoms with van der Waals surface area (Å²) in [4.78, 5) is 39.5. The number of rotatable bonds is 6. The van der Waals surface area contributed by atoms with Crippen LogP contribution in [-0.4, -0.2) is 27.6 Å². The standard InChI is InChI=1S/C16H22N4O4/c1-5-7-19(8-6-2)14-10(3)11(20(23)24)9-12-13(14)17-15(21)16(22)18(12)4/h9H,5-8H2,1-4H3,(H,17,21). The Kier molecular flexibility index (Phi) is 5.06. The average molecular weight is 334 g/mol. The van der Waals surface area contributed by atoms with E-state index in [9.17, 15) is 19.7 Å². The predicted octanol–water partition coefficient (Wildman–Crippen LogP) is 2.07. The molecule has 1 aromatic heterocycles. The number of fused-ring (bicyclic) bond motifs is 1. The van der Waals surface area contributed by atoms with Gasteiger partial charge in [-0.25, -0.2) is 0 Å². The van der Waals surface area contributed by atoms with Crippen molar-refractivity contribution in [2.75, 3.05) is 18.0 Å². The van der Waals surface area contributed by atoms with Crippen molar-refractivity contribution in [3.05, 3.63) is 42.5 Å². The largest absolute Gasteiger partial charge is 0.369 e. The Bertz CT molecular complexity index is 892. The molecule has 8 heteroatoms. The first-order valence-corrected chi connectivity index (χ1v) is 7.99. The first kappa shape index (κ1) is 17.7. The summed E-state index contributed by atoms with van der Waals surface area (Å²) < 4.78 is 1.17. The van der Waals surface area contributed by atoms with Crippen LogP contribution in [0.1, 0.15) is 32.3 Å². The van der Waals surface area contributed by atoms with Crippen LogP contribution in [0.25, 0.3) is 11.0 Å². The van der Waals surface area contributed by atoms with Crippen LogP contribution in [0.15, 0.2) is 15.7 Å². The minimum Gasteiger partial charge on any atom is -0.369 e. The number of aromatic nitrogens is 2. The quantitative estimate of drug-likeness (QED) is 0.495. The first-order valence-electron chi connectivity index (χ1n) is 7.99. The molecule has 0 radical (unpaired) electrons. The Labute approximate surface area is 138 Å². The van der Waals surface area contributed by atoms with Crippen LogP contribution in [0.2, 0.25) is 0 Å². The van der Waals surface area contributed by atoms with Crippen molar-refractivity contribution in [2.24, 2.45) is 7.05 Å². The Morgan fingerprint density at radius 3 is 2.33 bits per heavy atom. The van der Waals surface area contributed by atoms with E-state index in [1.165, 1.54) is 17.7 Å². The molecule has 0 saturated heterocycles. The Hall–Kier alpha value is -2.64. The zero-order valence-corrected chi connectivity index (χ0v) is 14.4. The molecular formula is C16H22N4O4. The van der Waals surface area contributed by atoms with E-state index in [0.717, 1.165) is 12.8 Å². The molecule has 24 heavy (non-hydrogen) atoms. The van der Waals surface area contributed by atoms with E-state index in [0.29, 0.717) is 35.4 Å².